The van der Waals surface area contributed by atoms with Crippen molar-refractivity contribution in [2.75, 3.05) is 0 Å². The molecule has 2 aromatic carbocycles. The maximum absolute atomic E-state index is 12.9. The molecule has 104 valence electrons. The van der Waals surface area contributed by atoms with Crippen LogP contribution < -0.4 is 0 Å². The highest BCUT2D eigenvalue weighted by Crippen LogP contribution is 2.27. The fourth-order valence-electron chi connectivity index (χ4n) is 1.80. The number of benzene rings is 2. The van der Waals surface area contributed by atoms with Gasteiger partial charge in [0, 0.05) is 22.7 Å². The third-order valence-corrected chi connectivity index (χ3v) is 3.63. The monoisotopic (exact) mass is 298 g/mol. The molecule has 21 heavy (non-hydrogen) atoms. The first-order valence-electron chi connectivity index (χ1n) is 6.26. The molecule has 5 heteroatoms. The lowest BCUT2D eigenvalue weighted by atomic mass is 10.2. The van der Waals surface area contributed by atoms with Gasteiger partial charge in [0.2, 0.25) is 5.13 Å². The van der Waals surface area contributed by atoms with Crippen LogP contribution in [-0.2, 0) is 0 Å². The fourth-order valence-corrected chi connectivity index (χ4v) is 2.47. The Bertz CT molecular complexity index is 781. The van der Waals surface area contributed by atoms with Crippen molar-refractivity contribution in [2.45, 2.75) is 0 Å². The van der Waals surface area contributed by atoms with Gasteiger partial charge in [-0.25, -0.2) is 14.4 Å². The zero-order chi connectivity index (χ0) is 14.7. The Morgan fingerprint density at radius 2 is 1.86 bits per heavy atom. The van der Waals surface area contributed by atoms with Gasteiger partial charge in [-0.15, -0.1) is 11.3 Å². The Morgan fingerprint density at radius 1 is 1.10 bits per heavy atom. The van der Waals surface area contributed by atoms with E-state index >= 15 is 0 Å². The number of hydrogen-bond donors (Lipinski definition) is 1. The second kappa shape index (κ2) is 5.85. The van der Waals surface area contributed by atoms with Crippen LogP contribution in [0.1, 0.15) is 5.56 Å². The molecule has 1 N–H and O–H groups in total. The number of aromatic nitrogens is 1. The molecule has 0 aliphatic rings. The Labute approximate surface area is 125 Å². The number of phenolic OH excluding ortho intramolecular Hbond substituents is 1. The lowest BCUT2D eigenvalue weighted by Crippen LogP contribution is -1.81. The number of aromatic hydroxyl groups is 1. The largest absolute Gasteiger partial charge is 0.507 e. The molecule has 0 aliphatic carbocycles. The zero-order valence-electron chi connectivity index (χ0n) is 10.9. The van der Waals surface area contributed by atoms with Gasteiger partial charge >= 0.3 is 0 Å². The van der Waals surface area contributed by atoms with Gasteiger partial charge in [-0.3, -0.25) is 0 Å². The number of rotatable bonds is 3. The van der Waals surface area contributed by atoms with Crippen LogP contribution in [0.25, 0.3) is 11.3 Å². The highest BCUT2D eigenvalue weighted by molar-refractivity contribution is 7.13. The van der Waals surface area contributed by atoms with Crippen LogP contribution in [0.2, 0.25) is 0 Å². The van der Waals surface area contributed by atoms with E-state index in [1.165, 1.54) is 23.5 Å². The third kappa shape index (κ3) is 3.14. The lowest BCUT2D eigenvalue weighted by Gasteiger charge is -1.96. The Kier molecular flexibility index (Phi) is 3.75. The number of halogens is 1. The maximum Gasteiger partial charge on any atom is 0.209 e. The van der Waals surface area contributed by atoms with Crippen LogP contribution in [0, 0.1) is 5.82 Å². The van der Waals surface area contributed by atoms with Crippen molar-refractivity contribution in [2.24, 2.45) is 4.99 Å². The van der Waals surface area contributed by atoms with Gasteiger partial charge in [0.15, 0.2) is 0 Å². The summed E-state index contributed by atoms with van der Waals surface area (Å²) in [6, 6.07) is 13.1. The first kappa shape index (κ1) is 13.5. The van der Waals surface area contributed by atoms with E-state index in [2.05, 4.69) is 9.98 Å². The fraction of sp³-hybridized carbons (Fsp3) is 0. The Hall–Kier alpha value is -2.53. The van der Waals surface area contributed by atoms with E-state index < -0.39 is 0 Å². The van der Waals surface area contributed by atoms with Gasteiger partial charge in [0.25, 0.3) is 0 Å². The van der Waals surface area contributed by atoms with Crippen LogP contribution in [0.4, 0.5) is 9.52 Å². The van der Waals surface area contributed by atoms with E-state index in [1.54, 1.807) is 36.5 Å². The quantitative estimate of drug-likeness (QED) is 0.728. The molecule has 0 unspecified atom stereocenters. The summed E-state index contributed by atoms with van der Waals surface area (Å²) in [6.45, 7) is 0. The van der Waals surface area contributed by atoms with Gasteiger partial charge in [0.05, 0.1) is 5.69 Å². The van der Waals surface area contributed by atoms with Crippen molar-refractivity contribution in [3.63, 3.8) is 0 Å². The van der Waals surface area contributed by atoms with Gasteiger partial charge in [-0.1, -0.05) is 12.1 Å². The molecule has 0 bridgehead atoms. The van der Waals surface area contributed by atoms with Crippen LogP contribution in [0.5, 0.6) is 5.75 Å². The number of hydrogen-bond acceptors (Lipinski definition) is 4. The zero-order valence-corrected chi connectivity index (χ0v) is 11.7. The van der Waals surface area contributed by atoms with Crippen molar-refractivity contribution in [1.29, 1.82) is 0 Å². The van der Waals surface area contributed by atoms with Crippen molar-refractivity contribution in [3.05, 3.63) is 65.3 Å². The van der Waals surface area contributed by atoms with E-state index in [-0.39, 0.29) is 11.6 Å². The highest BCUT2D eigenvalue weighted by atomic mass is 32.1. The minimum absolute atomic E-state index is 0.177. The average molecular weight is 298 g/mol. The van der Waals surface area contributed by atoms with Crippen LogP contribution >= 0.6 is 11.3 Å². The number of thiazole rings is 1. The smallest absolute Gasteiger partial charge is 0.209 e. The summed E-state index contributed by atoms with van der Waals surface area (Å²) >= 11 is 1.39. The van der Waals surface area contributed by atoms with E-state index in [9.17, 15) is 9.50 Å². The molecular weight excluding hydrogens is 287 g/mol. The molecule has 1 heterocycles. The molecule has 1 aromatic heterocycles. The molecule has 0 saturated heterocycles. The van der Waals surface area contributed by atoms with Crippen molar-refractivity contribution >= 4 is 22.7 Å². The van der Waals surface area contributed by atoms with E-state index in [1.807, 2.05) is 11.4 Å². The van der Waals surface area contributed by atoms with Gasteiger partial charge in [-0.05, 0) is 36.4 Å². The molecule has 0 fully saturated rings. The minimum Gasteiger partial charge on any atom is -0.507 e. The predicted octanol–water partition coefficient (Wildman–Crippen LogP) is 4.41. The highest BCUT2D eigenvalue weighted by Gasteiger charge is 2.04. The molecule has 0 saturated carbocycles. The van der Waals surface area contributed by atoms with Crippen LogP contribution in [-0.4, -0.2) is 16.3 Å². The number of aliphatic imine (C=N–C) groups is 1. The topological polar surface area (TPSA) is 45.5 Å². The number of phenols is 1. The summed E-state index contributed by atoms with van der Waals surface area (Å²) < 4.78 is 12.9. The van der Waals surface area contributed by atoms with Crippen LogP contribution in [0.15, 0.2) is 58.9 Å². The average Bonchev–Trinajstić information content (AvgIpc) is 2.96. The van der Waals surface area contributed by atoms with Crippen LogP contribution in [0.3, 0.4) is 0 Å². The maximum atomic E-state index is 12.9. The molecule has 3 nitrogen and oxygen atoms in total. The van der Waals surface area contributed by atoms with Crippen molar-refractivity contribution in [3.8, 4) is 17.0 Å². The Balaban J connectivity index is 1.82. The van der Waals surface area contributed by atoms with Gasteiger partial charge < -0.3 is 5.11 Å². The molecular formula is C16H11FN2OS. The number of para-hydroxylation sites is 1. The summed E-state index contributed by atoms with van der Waals surface area (Å²) in [6.07, 6.45) is 1.57. The summed E-state index contributed by atoms with van der Waals surface area (Å²) in [5, 5.41) is 12.1. The molecule has 0 radical (unpaired) electrons. The normalized spacial score (nSPS) is 11.1. The van der Waals surface area contributed by atoms with Crippen molar-refractivity contribution in [1.82, 2.24) is 4.98 Å². The summed E-state index contributed by atoms with van der Waals surface area (Å²) in [5.41, 5.74) is 2.23. The second-order valence-corrected chi connectivity index (χ2v) is 5.18. The SMILES string of the molecule is Oc1ccccc1/C=N/c1nc(-c2ccc(F)cc2)cs1. The van der Waals surface area contributed by atoms with E-state index in [4.69, 9.17) is 0 Å². The first-order valence-corrected chi connectivity index (χ1v) is 7.14. The molecule has 3 rings (SSSR count). The third-order valence-electron chi connectivity index (χ3n) is 2.88. The molecule has 0 atom stereocenters. The molecule has 0 aliphatic heterocycles. The summed E-state index contributed by atoms with van der Waals surface area (Å²) in [7, 11) is 0. The summed E-state index contributed by atoms with van der Waals surface area (Å²) in [4.78, 5) is 8.62. The minimum atomic E-state index is -0.272. The number of nitrogens with zero attached hydrogens (tertiary/aromatic N) is 2. The van der Waals surface area contributed by atoms with E-state index in [0.717, 1.165) is 11.3 Å². The standard InChI is InChI=1S/C16H11FN2OS/c17-13-7-5-11(6-8-13)14-10-21-16(19-14)18-9-12-3-1-2-4-15(12)20/h1-10,20H/b18-9+. The predicted molar refractivity (Wildman–Crippen MR) is 82.9 cm³/mol. The molecule has 0 spiro atoms. The molecule has 0 amide bonds. The first-order chi connectivity index (χ1) is 10.2. The Morgan fingerprint density at radius 3 is 2.62 bits per heavy atom. The van der Waals surface area contributed by atoms with Gasteiger partial charge in [-0.2, -0.15) is 0 Å². The van der Waals surface area contributed by atoms with Gasteiger partial charge in [0.1, 0.15) is 11.6 Å². The van der Waals surface area contributed by atoms with E-state index in [0.29, 0.717) is 10.7 Å². The molecule has 3 aromatic rings. The second-order valence-electron chi connectivity index (χ2n) is 4.34. The lowest BCUT2D eigenvalue weighted by molar-refractivity contribution is 0.474. The van der Waals surface area contributed by atoms with Crippen molar-refractivity contribution < 1.29 is 9.50 Å². The summed E-state index contributed by atoms with van der Waals surface area (Å²) in [5.74, 6) is -0.0941.